The fraction of sp³-hybridized carbons (Fsp3) is 0.571. The number of nitrogens with one attached hydrogen (secondary N) is 2. The lowest BCUT2D eigenvalue weighted by Crippen LogP contribution is -2.54. The average molecular weight is 387 g/mol. The van der Waals surface area contributed by atoms with E-state index in [0.29, 0.717) is 26.2 Å². The minimum atomic E-state index is -0.827. The molecule has 7 nitrogen and oxygen atoms in total. The van der Waals surface area contributed by atoms with Crippen molar-refractivity contribution in [3.8, 4) is 0 Å². The minimum absolute atomic E-state index is 0.0842. The van der Waals surface area contributed by atoms with Crippen molar-refractivity contribution in [2.45, 2.75) is 58.2 Å². The van der Waals surface area contributed by atoms with Gasteiger partial charge >= 0.3 is 6.03 Å². The molecular formula is C21H29N3O4. The van der Waals surface area contributed by atoms with Gasteiger partial charge in [-0.05, 0) is 36.8 Å². The molecule has 1 aliphatic heterocycles. The minimum Gasteiger partial charge on any atom is -0.377 e. The Labute approximate surface area is 165 Å². The molecule has 1 heterocycles. The highest BCUT2D eigenvalue weighted by Gasteiger charge is 2.55. The maximum absolute atomic E-state index is 12.9. The van der Waals surface area contributed by atoms with Gasteiger partial charge in [0.05, 0.1) is 6.61 Å². The molecule has 1 saturated carbocycles. The first-order valence-electron chi connectivity index (χ1n) is 10.0. The van der Waals surface area contributed by atoms with E-state index >= 15 is 0 Å². The highest BCUT2D eigenvalue weighted by molar-refractivity contribution is 6.09. The van der Waals surface area contributed by atoms with E-state index in [0.717, 1.165) is 35.3 Å². The summed E-state index contributed by atoms with van der Waals surface area (Å²) in [6.45, 7) is 5.28. The topological polar surface area (TPSA) is 87.7 Å². The van der Waals surface area contributed by atoms with Gasteiger partial charge in [-0.3, -0.25) is 14.5 Å². The van der Waals surface area contributed by atoms with E-state index in [2.05, 4.69) is 10.6 Å². The number of hydrogen-bond acceptors (Lipinski definition) is 4. The summed E-state index contributed by atoms with van der Waals surface area (Å²) in [5.41, 5.74) is 1.19. The number of carbonyl (C=O) groups is 3. The van der Waals surface area contributed by atoms with E-state index in [9.17, 15) is 14.4 Å². The van der Waals surface area contributed by atoms with Gasteiger partial charge in [-0.2, -0.15) is 0 Å². The van der Waals surface area contributed by atoms with Crippen LogP contribution in [0.4, 0.5) is 4.79 Å². The number of nitrogens with zero attached hydrogens (tertiary/aromatic N) is 1. The molecule has 28 heavy (non-hydrogen) atoms. The Morgan fingerprint density at radius 2 is 1.96 bits per heavy atom. The van der Waals surface area contributed by atoms with Crippen LogP contribution in [0.15, 0.2) is 24.3 Å². The molecule has 7 heteroatoms. The van der Waals surface area contributed by atoms with Crippen LogP contribution in [-0.2, 0) is 27.5 Å². The van der Waals surface area contributed by atoms with Gasteiger partial charge in [-0.15, -0.1) is 0 Å². The SMILES string of the molecule is CCOCc1ccc(CNC(=O)CN2C(=O)NC3(CCCCC3C)C2=O)cc1. The van der Waals surface area contributed by atoms with Crippen molar-refractivity contribution in [1.29, 1.82) is 0 Å². The van der Waals surface area contributed by atoms with Gasteiger partial charge in [0.25, 0.3) is 5.91 Å². The third kappa shape index (κ3) is 4.19. The van der Waals surface area contributed by atoms with Crippen LogP contribution in [0.3, 0.4) is 0 Å². The van der Waals surface area contributed by atoms with Crippen molar-refractivity contribution >= 4 is 17.8 Å². The van der Waals surface area contributed by atoms with Gasteiger partial charge in [0.2, 0.25) is 5.91 Å². The van der Waals surface area contributed by atoms with Crippen LogP contribution in [0.25, 0.3) is 0 Å². The average Bonchev–Trinajstić information content (AvgIpc) is 2.93. The molecule has 1 aromatic carbocycles. The zero-order valence-corrected chi connectivity index (χ0v) is 16.6. The molecule has 2 atom stereocenters. The number of urea groups is 1. The van der Waals surface area contributed by atoms with Crippen molar-refractivity contribution in [2.24, 2.45) is 5.92 Å². The molecule has 0 bridgehead atoms. The summed E-state index contributed by atoms with van der Waals surface area (Å²) in [5.74, 6) is -0.525. The van der Waals surface area contributed by atoms with Crippen molar-refractivity contribution in [3.05, 3.63) is 35.4 Å². The van der Waals surface area contributed by atoms with Crippen molar-refractivity contribution in [1.82, 2.24) is 15.5 Å². The van der Waals surface area contributed by atoms with E-state index in [1.54, 1.807) is 0 Å². The standard InChI is InChI=1S/C21H29N3O4/c1-3-28-14-17-9-7-16(8-10-17)12-22-18(25)13-24-19(26)21(23-20(24)27)11-5-4-6-15(21)2/h7-10,15H,3-6,11-14H2,1-2H3,(H,22,25)(H,23,27). The maximum Gasteiger partial charge on any atom is 0.325 e. The fourth-order valence-corrected chi connectivity index (χ4v) is 4.01. The number of benzene rings is 1. The van der Waals surface area contributed by atoms with Crippen LogP contribution in [-0.4, -0.2) is 41.4 Å². The summed E-state index contributed by atoms with van der Waals surface area (Å²) in [6.07, 6.45) is 3.53. The third-order valence-corrected chi connectivity index (χ3v) is 5.79. The zero-order valence-electron chi connectivity index (χ0n) is 16.6. The van der Waals surface area contributed by atoms with Crippen LogP contribution in [0.5, 0.6) is 0 Å². The van der Waals surface area contributed by atoms with Gasteiger partial charge < -0.3 is 15.4 Å². The second-order valence-electron chi connectivity index (χ2n) is 7.67. The molecular weight excluding hydrogens is 358 g/mol. The van der Waals surface area contributed by atoms with Gasteiger partial charge in [0, 0.05) is 13.2 Å². The van der Waals surface area contributed by atoms with E-state index in [1.807, 2.05) is 38.1 Å². The molecule has 4 amide bonds. The van der Waals surface area contributed by atoms with Gasteiger partial charge in [0.1, 0.15) is 12.1 Å². The lowest BCUT2D eigenvalue weighted by Gasteiger charge is -2.36. The van der Waals surface area contributed by atoms with E-state index < -0.39 is 11.6 Å². The van der Waals surface area contributed by atoms with Crippen LogP contribution in [0.2, 0.25) is 0 Å². The smallest absolute Gasteiger partial charge is 0.325 e. The first-order valence-corrected chi connectivity index (χ1v) is 10.0. The lowest BCUT2D eigenvalue weighted by atomic mass is 9.73. The van der Waals surface area contributed by atoms with E-state index in [-0.39, 0.29) is 24.3 Å². The summed E-state index contributed by atoms with van der Waals surface area (Å²) >= 11 is 0. The van der Waals surface area contributed by atoms with Crippen LogP contribution in [0.1, 0.15) is 50.7 Å². The molecule has 1 aliphatic carbocycles. The van der Waals surface area contributed by atoms with Gasteiger partial charge in [-0.1, -0.05) is 44.0 Å². The summed E-state index contributed by atoms with van der Waals surface area (Å²) < 4.78 is 5.36. The summed E-state index contributed by atoms with van der Waals surface area (Å²) in [4.78, 5) is 38.6. The molecule has 3 rings (SSSR count). The first-order chi connectivity index (χ1) is 13.5. The largest absolute Gasteiger partial charge is 0.377 e. The Kier molecular flexibility index (Phi) is 6.34. The Morgan fingerprint density at radius 1 is 1.25 bits per heavy atom. The molecule has 152 valence electrons. The first kappa shape index (κ1) is 20.3. The number of imide groups is 1. The van der Waals surface area contributed by atoms with E-state index in [1.165, 1.54) is 0 Å². The van der Waals surface area contributed by atoms with Gasteiger partial charge in [0.15, 0.2) is 0 Å². The third-order valence-electron chi connectivity index (χ3n) is 5.79. The Hall–Kier alpha value is -2.41. The van der Waals surface area contributed by atoms with Crippen molar-refractivity contribution in [3.63, 3.8) is 0 Å². The molecule has 1 saturated heterocycles. The quantitative estimate of drug-likeness (QED) is 0.703. The van der Waals surface area contributed by atoms with Crippen molar-refractivity contribution < 1.29 is 19.1 Å². The van der Waals surface area contributed by atoms with E-state index in [4.69, 9.17) is 4.74 Å². The number of carbonyl (C=O) groups excluding carboxylic acids is 3. The Morgan fingerprint density at radius 3 is 2.64 bits per heavy atom. The molecule has 2 N–H and O–H groups in total. The number of rotatable bonds is 7. The predicted molar refractivity (Wildman–Crippen MR) is 104 cm³/mol. The fourth-order valence-electron chi connectivity index (χ4n) is 4.01. The Bertz CT molecular complexity index is 734. The molecule has 1 aromatic rings. The van der Waals surface area contributed by atoms with Crippen LogP contribution in [0, 0.1) is 5.92 Å². The second-order valence-corrected chi connectivity index (χ2v) is 7.67. The molecule has 0 radical (unpaired) electrons. The molecule has 2 aliphatic rings. The summed E-state index contributed by atoms with van der Waals surface area (Å²) in [6, 6.07) is 7.32. The number of ether oxygens (including phenoxy) is 1. The van der Waals surface area contributed by atoms with Gasteiger partial charge in [-0.25, -0.2) is 4.79 Å². The molecule has 0 aromatic heterocycles. The Balaban J connectivity index is 1.53. The second kappa shape index (κ2) is 8.73. The molecule has 1 spiro atoms. The molecule has 2 unspecified atom stereocenters. The predicted octanol–water partition coefficient (Wildman–Crippen LogP) is 2.34. The monoisotopic (exact) mass is 387 g/mol. The highest BCUT2D eigenvalue weighted by atomic mass is 16.5. The normalized spacial score (nSPS) is 24.5. The van der Waals surface area contributed by atoms with Crippen LogP contribution < -0.4 is 10.6 Å². The molecule has 2 fully saturated rings. The summed E-state index contributed by atoms with van der Waals surface area (Å²) in [5, 5.41) is 5.65. The number of hydrogen-bond donors (Lipinski definition) is 2. The maximum atomic E-state index is 12.9. The van der Waals surface area contributed by atoms with Crippen molar-refractivity contribution in [2.75, 3.05) is 13.2 Å². The summed E-state index contributed by atoms with van der Waals surface area (Å²) in [7, 11) is 0. The number of amides is 4. The highest BCUT2D eigenvalue weighted by Crippen LogP contribution is 2.38. The van der Waals surface area contributed by atoms with Crippen LogP contribution >= 0.6 is 0 Å². The lowest BCUT2D eigenvalue weighted by molar-refractivity contribution is -0.137. The zero-order chi connectivity index (χ0) is 20.1.